The molecular weight excluding hydrogens is 472 g/mol. The van der Waals surface area contributed by atoms with Gasteiger partial charge in [-0.05, 0) is 36.4 Å². The van der Waals surface area contributed by atoms with E-state index in [4.69, 9.17) is 0 Å². The summed E-state index contributed by atoms with van der Waals surface area (Å²) in [6.45, 7) is 0. The zero-order chi connectivity index (χ0) is 24.2. The first-order chi connectivity index (χ1) is 15.4. The van der Waals surface area contributed by atoms with Gasteiger partial charge in [-0.1, -0.05) is 18.2 Å². The van der Waals surface area contributed by atoms with Gasteiger partial charge in [-0.3, -0.25) is 14.6 Å². The minimum absolute atomic E-state index is 0.196. The molecule has 0 saturated heterocycles. The van der Waals surface area contributed by atoms with E-state index in [0.717, 1.165) is 36.4 Å². The standard InChI is InChI=1S/C19H12F4N4O5S/c20-10-6-8-11(9-7-10)27-14-13(15(28)25-17(27)30)18(16(29)24-14,19(21,22)23)26-33(31,32)12-4-2-1-3-5-12/h1-9,26H,(H,24,29)(H,25,28,30)/t18-/m0/s1. The number of halogens is 4. The number of hydrogen-bond donors (Lipinski definition) is 3. The van der Waals surface area contributed by atoms with Crippen molar-refractivity contribution in [1.82, 2.24) is 14.3 Å². The number of carbonyl (C=O) groups is 1. The molecule has 0 bridgehead atoms. The Labute approximate surface area is 181 Å². The molecular formula is C19H12F4N4O5S. The van der Waals surface area contributed by atoms with Crippen molar-refractivity contribution in [3.8, 4) is 5.69 Å². The first kappa shape index (κ1) is 22.4. The minimum Gasteiger partial charge on any atom is -0.309 e. The number of aromatic nitrogens is 2. The second-order valence-electron chi connectivity index (χ2n) is 6.92. The molecule has 0 fully saturated rings. The predicted octanol–water partition coefficient (Wildman–Crippen LogP) is 1.35. The lowest BCUT2D eigenvalue weighted by atomic mass is 9.93. The van der Waals surface area contributed by atoms with Gasteiger partial charge in [0.15, 0.2) is 0 Å². The van der Waals surface area contributed by atoms with Gasteiger partial charge in [0.2, 0.25) is 15.6 Å². The van der Waals surface area contributed by atoms with Crippen molar-refractivity contribution in [3.63, 3.8) is 0 Å². The second kappa shape index (κ2) is 7.38. The van der Waals surface area contributed by atoms with Crippen LogP contribution in [0.15, 0.2) is 69.1 Å². The van der Waals surface area contributed by atoms with Gasteiger partial charge in [-0.2, -0.15) is 17.9 Å². The van der Waals surface area contributed by atoms with Gasteiger partial charge in [0.25, 0.3) is 11.5 Å². The van der Waals surface area contributed by atoms with E-state index in [9.17, 15) is 40.4 Å². The zero-order valence-electron chi connectivity index (χ0n) is 16.1. The van der Waals surface area contributed by atoms with Crippen molar-refractivity contribution in [3.05, 3.63) is 86.8 Å². The fourth-order valence-electron chi connectivity index (χ4n) is 3.44. The van der Waals surface area contributed by atoms with Crippen LogP contribution in [0.2, 0.25) is 0 Å². The van der Waals surface area contributed by atoms with Crippen LogP contribution in [0.25, 0.3) is 5.69 Å². The van der Waals surface area contributed by atoms with Gasteiger partial charge >= 0.3 is 11.9 Å². The van der Waals surface area contributed by atoms with Crippen LogP contribution in [-0.4, -0.2) is 30.1 Å². The Balaban J connectivity index is 2.03. The summed E-state index contributed by atoms with van der Waals surface area (Å²) in [4.78, 5) is 38.7. The Hall–Kier alpha value is -3.78. The van der Waals surface area contributed by atoms with E-state index in [1.807, 2.05) is 0 Å². The molecule has 3 N–H and O–H groups in total. The van der Waals surface area contributed by atoms with Crippen LogP contribution in [0.1, 0.15) is 5.56 Å². The highest BCUT2D eigenvalue weighted by Crippen LogP contribution is 2.46. The number of amides is 1. The van der Waals surface area contributed by atoms with Gasteiger partial charge in [0, 0.05) is 0 Å². The molecule has 0 spiro atoms. The number of nitrogens with one attached hydrogen (secondary N) is 3. The second-order valence-corrected chi connectivity index (χ2v) is 8.60. The molecule has 2 heterocycles. The highest BCUT2D eigenvalue weighted by atomic mass is 32.2. The molecule has 0 radical (unpaired) electrons. The molecule has 1 atom stereocenters. The number of alkyl halides is 3. The minimum atomic E-state index is -5.65. The van der Waals surface area contributed by atoms with Crippen LogP contribution >= 0.6 is 0 Å². The van der Waals surface area contributed by atoms with Gasteiger partial charge < -0.3 is 5.32 Å². The number of nitrogens with zero attached hydrogens (tertiary/aromatic N) is 1. The monoisotopic (exact) mass is 484 g/mol. The van der Waals surface area contributed by atoms with Crippen molar-refractivity contribution in [1.29, 1.82) is 0 Å². The SMILES string of the molecule is O=C1Nc2c(c(=O)[nH]c(=O)n2-c2ccc(F)cc2)[C@@]1(NS(=O)(=O)c1ccccc1)C(F)(F)F. The van der Waals surface area contributed by atoms with E-state index in [-0.39, 0.29) is 5.69 Å². The molecule has 0 aliphatic carbocycles. The van der Waals surface area contributed by atoms with E-state index in [0.29, 0.717) is 4.57 Å². The van der Waals surface area contributed by atoms with E-state index < -0.39 is 61.0 Å². The molecule has 33 heavy (non-hydrogen) atoms. The lowest BCUT2D eigenvalue weighted by Gasteiger charge is -2.29. The molecule has 2 aromatic carbocycles. The Morgan fingerprint density at radius 2 is 1.55 bits per heavy atom. The fraction of sp³-hybridized carbons (Fsp3) is 0.105. The average Bonchev–Trinajstić information content (AvgIpc) is 3.02. The largest absolute Gasteiger partial charge is 0.421 e. The Bertz CT molecular complexity index is 1480. The number of hydrogen-bond acceptors (Lipinski definition) is 5. The number of benzene rings is 2. The van der Waals surface area contributed by atoms with Crippen molar-refractivity contribution in [2.45, 2.75) is 16.6 Å². The summed E-state index contributed by atoms with van der Waals surface area (Å²) in [5, 5.41) is 1.80. The summed E-state index contributed by atoms with van der Waals surface area (Å²) in [6.07, 6.45) is -5.65. The van der Waals surface area contributed by atoms with Gasteiger partial charge in [-0.15, -0.1) is 0 Å². The summed E-state index contributed by atoms with van der Waals surface area (Å²) >= 11 is 0. The third-order valence-corrected chi connectivity index (χ3v) is 6.38. The predicted molar refractivity (Wildman–Crippen MR) is 106 cm³/mol. The number of H-pyrrole nitrogens is 1. The number of sulfonamides is 1. The molecule has 1 aliphatic rings. The van der Waals surface area contributed by atoms with Crippen LogP contribution in [0.3, 0.4) is 0 Å². The highest BCUT2D eigenvalue weighted by Gasteiger charge is 2.69. The van der Waals surface area contributed by atoms with Crippen LogP contribution in [0, 0.1) is 5.82 Å². The summed E-state index contributed by atoms with van der Waals surface area (Å²) in [5.74, 6) is -3.58. The normalized spacial score (nSPS) is 18.1. The summed E-state index contributed by atoms with van der Waals surface area (Å²) in [7, 11) is -4.99. The molecule has 14 heteroatoms. The topological polar surface area (TPSA) is 130 Å². The zero-order valence-corrected chi connectivity index (χ0v) is 16.9. The highest BCUT2D eigenvalue weighted by molar-refractivity contribution is 7.89. The first-order valence-corrected chi connectivity index (χ1v) is 10.5. The van der Waals surface area contributed by atoms with Crippen LogP contribution in [-0.2, 0) is 20.4 Å². The van der Waals surface area contributed by atoms with E-state index in [1.165, 1.54) is 22.9 Å². The molecule has 1 amide bonds. The Morgan fingerprint density at radius 1 is 0.939 bits per heavy atom. The lowest BCUT2D eigenvalue weighted by Crippen LogP contribution is -2.61. The van der Waals surface area contributed by atoms with Crippen LogP contribution in [0.5, 0.6) is 0 Å². The molecule has 1 aliphatic heterocycles. The van der Waals surface area contributed by atoms with Gasteiger partial charge in [0.1, 0.15) is 11.6 Å². The van der Waals surface area contributed by atoms with E-state index >= 15 is 0 Å². The van der Waals surface area contributed by atoms with Gasteiger partial charge in [0.05, 0.1) is 16.1 Å². The Kier molecular flexibility index (Phi) is 5.01. The number of anilines is 1. The molecule has 172 valence electrons. The van der Waals surface area contributed by atoms with Crippen molar-refractivity contribution < 1.29 is 30.8 Å². The molecule has 4 rings (SSSR count). The summed E-state index contributed by atoms with van der Waals surface area (Å²) in [5.41, 5.74) is -8.52. The third-order valence-electron chi connectivity index (χ3n) is 4.91. The molecule has 3 aromatic rings. The summed E-state index contributed by atoms with van der Waals surface area (Å²) in [6, 6.07) is 9.71. The average molecular weight is 484 g/mol. The Morgan fingerprint density at radius 3 is 2.12 bits per heavy atom. The number of carbonyl (C=O) groups excluding carboxylic acids is 1. The maximum Gasteiger partial charge on any atom is 0.421 e. The summed E-state index contributed by atoms with van der Waals surface area (Å²) < 4.78 is 83.8. The molecule has 0 unspecified atom stereocenters. The quantitative estimate of drug-likeness (QED) is 0.482. The number of fused-ring (bicyclic) bond motifs is 1. The fourth-order valence-corrected chi connectivity index (χ4v) is 4.79. The van der Waals surface area contributed by atoms with Crippen molar-refractivity contribution in [2.75, 3.05) is 5.32 Å². The number of rotatable bonds is 4. The van der Waals surface area contributed by atoms with E-state index in [1.54, 1.807) is 10.3 Å². The molecule has 0 saturated carbocycles. The van der Waals surface area contributed by atoms with Crippen LogP contribution < -0.4 is 21.3 Å². The molecule has 1 aromatic heterocycles. The smallest absolute Gasteiger partial charge is 0.309 e. The van der Waals surface area contributed by atoms with Crippen molar-refractivity contribution in [2.24, 2.45) is 0 Å². The molecule has 9 nitrogen and oxygen atoms in total. The van der Waals surface area contributed by atoms with Crippen LogP contribution in [0.4, 0.5) is 23.4 Å². The lowest BCUT2D eigenvalue weighted by molar-refractivity contribution is -0.194. The van der Waals surface area contributed by atoms with E-state index in [2.05, 4.69) is 0 Å². The number of aromatic amines is 1. The van der Waals surface area contributed by atoms with Crippen molar-refractivity contribution >= 4 is 21.7 Å². The maximum atomic E-state index is 14.4. The van der Waals surface area contributed by atoms with Gasteiger partial charge in [-0.25, -0.2) is 22.2 Å². The third kappa shape index (κ3) is 3.43. The maximum absolute atomic E-state index is 14.4. The first-order valence-electron chi connectivity index (χ1n) is 9.01.